The molecule has 0 radical (unpaired) electrons. The van der Waals surface area contributed by atoms with E-state index in [0.717, 1.165) is 5.82 Å². The fourth-order valence-electron chi connectivity index (χ4n) is 0.905. The van der Waals surface area contributed by atoms with Gasteiger partial charge in [-0.3, -0.25) is 4.68 Å². The first-order valence-corrected chi connectivity index (χ1v) is 4.23. The minimum Gasteiger partial charge on any atom is -0.478 e. The smallest absolute Gasteiger partial charge is 0.331 e. The van der Waals surface area contributed by atoms with Crippen LogP contribution in [-0.2, 0) is 11.8 Å². The third-order valence-electron chi connectivity index (χ3n) is 1.74. The van der Waals surface area contributed by atoms with Crippen molar-refractivity contribution < 1.29 is 9.90 Å². The van der Waals surface area contributed by atoms with Crippen LogP contribution < -0.4 is 5.32 Å². The van der Waals surface area contributed by atoms with Crippen LogP contribution in [0.3, 0.4) is 0 Å². The van der Waals surface area contributed by atoms with Crippen molar-refractivity contribution in [1.82, 2.24) is 9.78 Å². The predicted molar refractivity (Wildman–Crippen MR) is 53.1 cm³/mol. The van der Waals surface area contributed by atoms with Gasteiger partial charge in [0.15, 0.2) is 0 Å². The lowest BCUT2D eigenvalue weighted by Crippen LogP contribution is -2.03. The Balaban J connectivity index is 2.42. The number of anilines is 1. The Kier molecular flexibility index (Phi) is 3.28. The van der Waals surface area contributed by atoms with E-state index in [1.165, 1.54) is 0 Å². The Bertz CT molecular complexity index is 355. The van der Waals surface area contributed by atoms with Crippen molar-refractivity contribution in [2.45, 2.75) is 6.92 Å². The van der Waals surface area contributed by atoms with Gasteiger partial charge in [0.05, 0.1) is 0 Å². The Labute approximate surface area is 82.0 Å². The van der Waals surface area contributed by atoms with E-state index in [9.17, 15) is 4.79 Å². The third kappa shape index (κ3) is 2.93. The first-order chi connectivity index (χ1) is 6.59. The van der Waals surface area contributed by atoms with Crippen molar-refractivity contribution in [3.63, 3.8) is 0 Å². The van der Waals surface area contributed by atoms with Gasteiger partial charge in [-0.1, -0.05) is 6.08 Å². The molecular formula is C9H13N3O2. The number of aryl methyl sites for hydroxylation is 1. The van der Waals surface area contributed by atoms with Crippen LogP contribution in [-0.4, -0.2) is 27.4 Å². The van der Waals surface area contributed by atoms with E-state index in [-0.39, 0.29) is 0 Å². The summed E-state index contributed by atoms with van der Waals surface area (Å²) in [6.07, 6.45) is 3.42. The molecule has 0 unspecified atom stereocenters. The zero-order chi connectivity index (χ0) is 10.6. The molecule has 14 heavy (non-hydrogen) atoms. The van der Waals surface area contributed by atoms with Crippen LogP contribution in [0.2, 0.25) is 0 Å². The lowest BCUT2D eigenvalue weighted by molar-refractivity contribution is -0.132. The molecule has 0 atom stereocenters. The van der Waals surface area contributed by atoms with Crippen molar-refractivity contribution >= 4 is 11.8 Å². The number of nitrogens with one attached hydrogen (secondary N) is 1. The summed E-state index contributed by atoms with van der Waals surface area (Å²) in [6, 6.07) is 1.82. The molecule has 0 saturated heterocycles. The number of hydrogen-bond acceptors (Lipinski definition) is 3. The summed E-state index contributed by atoms with van der Waals surface area (Å²) in [5.41, 5.74) is 0.327. The summed E-state index contributed by atoms with van der Waals surface area (Å²) in [5, 5.41) is 15.6. The van der Waals surface area contributed by atoms with Crippen molar-refractivity contribution in [3.8, 4) is 0 Å². The fraction of sp³-hybridized carbons (Fsp3) is 0.333. The third-order valence-corrected chi connectivity index (χ3v) is 1.74. The number of nitrogens with zero attached hydrogens (tertiary/aromatic N) is 2. The van der Waals surface area contributed by atoms with Crippen LogP contribution in [0.5, 0.6) is 0 Å². The Morgan fingerprint density at radius 1 is 1.79 bits per heavy atom. The van der Waals surface area contributed by atoms with Crippen LogP contribution in [0.25, 0.3) is 0 Å². The highest BCUT2D eigenvalue weighted by molar-refractivity contribution is 5.85. The summed E-state index contributed by atoms with van der Waals surface area (Å²) in [7, 11) is 1.82. The van der Waals surface area contributed by atoms with Gasteiger partial charge in [-0.25, -0.2) is 4.79 Å². The van der Waals surface area contributed by atoms with E-state index in [0.29, 0.717) is 12.1 Å². The molecule has 5 nitrogen and oxygen atoms in total. The molecule has 1 aromatic rings. The number of rotatable bonds is 4. The van der Waals surface area contributed by atoms with Gasteiger partial charge in [-0.15, -0.1) is 0 Å². The van der Waals surface area contributed by atoms with Crippen LogP contribution in [0.4, 0.5) is 5.82 Å². The number of hydrogen-bond donors (Lipinski definition) is 2. The zero-order valence-corrected chi connectivity index (χ0v) is 8.19. The second-order valence-electron chi connectivity index (χ2n) is 2.95. The van der Waals surface area contributed by atoms with E-state index in [4.69, 9.17) is 5.11 Å². The number of carbonyl (C=O) groups is 1. The number of carboxylic acids is 1. The van der Waals surface area contributed by atoms with Crippen molar-refractivity contribution in [3.05, 3.63) is 23.9 Å². The van der Waals surface area contributed by atoms with Gasteiger partial charge in [0.2, 0.25) is 0 Å². The molecule has 0 aliphatic rings. The molecule has 0 aliphatic heterocycles. The zero-order valence-electron chi connectivity index (χ0n) is 8.19. The van der Waals surface area contributed by atoms with E-state index < -0.39 is 5.97 Å². The summed E-state index contributed by atoms with van der Waals surface area (Å²) in [5.74, 6) is -0.158. The number of aromatic nitrogens is 2. The first kappa shape index (κ1) is 10.3. The van der Waals surface area contributed by atoms with Gasteiger partial charge in [0, 0.05) is 31.4 Å². The molecule has 0 fully saturated rings. The minimum absolute atomic E-state index is 0.327. The minimum atomic E-state index is -0.896. The van der Waals surface area contributed by atoms with Gasteiger partial charge < -0.3 is 10.4 Å². The van der Waals surface area contributed by atoms with Gasteiger partial charge in [0.25, 0.3) is 0 Å². The highest BCUT2D eigenvalue weighted by atomic mass is 16.4. The van der Waals surface area contributed by atoms with Gasteiger partial charge in [-0.2, -0.15) is 5.10 Å². The second-order valence-corrected chi connectivity index (χ2v) is 2.95. The Morgan fingerprint density at radius 2 is 2.50 bits per heavy atom. The van der Waals surface area contributed by atoms with Crippen molar-refractivity contribution in [1.29, 1.82) is 0 Å². The standard InChI is InChI=1S/C9H13N3O2/c1-7(9(13)14)3-5-10-8-4-6-12(2)11-8/h3-4,6H,5H2,1-2H3,(H,10,11)(H,13,14)/b7-3-. The predicted octanol–water partition coefficient (Wildman–Crippen LogP) is 0.863. The van der Waals surface area contributed by atoms with Gasteiger partial charge in [0.1, 0.15) is 5.82 Å². The fourth-order valence-corrected chi connectivity index (χ4v) is 0.905. The van der Waals surface area contributed by atoms with E-state index in [1.807, 2.05) is 19.3 Å². The molecular weight excluding hydrogens is 182 g/mol. The number of carboxylic acid groups (broad SMARTS) is 1. The van der Waals surface area contributed by atoms with Gasteiger partial charge >= 0.3 is 5.97 Å². The lowest BCUT2D eigenvalue weighted by atomic mass is 10.3. The highest BCUT2D eigenvalue weighted by Gasteiger charge is 1.98. The SMILES string of the molecule is C/C(=C/CNc1ccn(C)n1)C(=O)O. The molecule has 2 N–H and O–H groups in total. The first-order valence-electron chi connectivity index (χ1n) is 4.23. The number of aliphatic carboxylic acids is 1. The van der Waals surface area contributed by atoms with Crippen LogP contribution in [0.15, 0.2) is 23.9 Å². The lowest BCUT2D eigenvalue weighted by Gasteiger charge is -1.98. The topological polar surface area (TPSA) is 67.2 Å². The van der Waals surface area contributed by atoms with Gasteiger partial charge in [-0.05, 0) is 6.92 Å². The average Bonchev–Trinajstić information content (AvgIpc) is 2.51. The summed E-state index contributed by atoms with van der Waals surface area (Å²) in [4.78, 5) is 10.4. The molecule has 76 valence electrons. The molecule has 1 aromatic heterocycles. The van der Waals surface area contributed by atoms with Crippen LogP contribution in [0, 0.1) is 0 Å². The molecule has 0 aromatic carbocycles. The maximum absolute atomic E-state index is 10.4. The highest BCUT2D eigenvalue weighted by Crippen LogP contribution is 2.00. The maximum Gasteiger partial charge on any atom is 0.331 e. The quantitative estimate of drug-likeness (QED) is 0.699. The Hall–Kier alpha value is -1.78. The van der Waals surface area contributed by atoms with Crippen molar-refractivity contribution in [2.24, 2.45) is 7.05 Å². The molecule has 0 bridgehead atoms. The second kappa shape index (κ2) is 4.45. The molecule has 0 saturated carbocycles. The monoisotopic (exact) mass is 195 g/mol. The molecule has 5 heteroatoms. The largest absolute Gasteiger partial charge is 0.478 e. The van der Waals surface area contributed by atoms with Crippen LogP contribution >= 0.6 is 0 Å². The molecule has 1 rings (SSSR count). The molecule has 1 heterocycles. The molecule has 0 spiro atoms. The maximum atomic E-state index is 10.4. The Morgan fingerprint density at radius 3 is 3.00 bits per heavy atom. The summed E-state index contributed by atoms with van der Waals surface area (Å²) < 4.78 is 1.68. The van der Waals surface area contributed by atoms with Crippen molar-refractivity contribution in [2.75, 3.05) is 11.9 Å². The summed E-state index contributed by atoms with van der Waals surface area (Å²) >= 11 is 0. The average molecular weight is 195 g/mol. The summed E-state index contributed by atoms with van der Waals surface area (Å²) in [6.45, 7) is 2.03. The molecule has 0 amide bonds. The normalized spacial score (nSPS) is 11.4. The van der Waals surface area contributed by atoms with E-state index in [2.05, 4.69) is 10.4 Å². The van der Waals surface area contributed by atoms with E-state index >= 15 is 0 Å². The van der Waals surface area contributed by atoms with Crippen LogP contribution in [0.1, 0.15) is 6.92 Å². The molecule has 0 aliphatic carbocycles. The van der Waals surface area contributed by atoms with E-state index in [1.54, 1.807) is 17.7 Å².